The highest BCUT2D eigenvalue weighted by Gasteiger charge is 2.01. The maximum absolute atomic E-state index is 6.11. The quantitative estimate of drug-likeness (QED) is 0.861. The van der Waals surface area contributed by atoms with Crippen molar-refractivity contribution >= 4 is 17.7 Å². The first-order valence-electron chi connectivity index (χ1n) is 5.98. The molecule has 0 aromatic heterocycles. The van der Waals surface area contributed by atoms with Gasteiger partial charge in [0.25, 0.3) is 0 Å². The number of hydrogen-bond donors (Lipinski definition) is 1. The molecule has 0 aliphatic heterocycles. The molecule has 2 aromatic carbocycles. The summed E-state index contributed by atoms with van der Waals surface area (Å²) in [7, 11) is 0. The molecular formula is C16H16ClN. The van der Waals surface area contributed by atoms with E-state index >= 15 is 0 Å². The van der Waals surface area contributed by atoms with Crippen molar-refractivity contribution in [3.8, 4) is 0 Å². The maximum atomic E-state index is 6.11. The largest absolute Gasteiger partial charge is 0.324 e. The van der Waals surface area contributed by atoms with E-state index in [0.717, 1.165) is 22.6 Å². The van der Waals surface area contributed by atoms with Gasteiger partial charge in [0.2, 0.25) is 0 Å². The van der Waals surface area contributed by atoms with Crippen LogP contribution in [0.15, 0.2) is 60.7 Å². The van der Waals surface area contributed by atoms with E-state index in [4.69, 9.17) is 17.3 Å². The minimum Gasteiger partial charge on any atom is -0.324 e. The van der Waals surface area contributed by atoms with Gasteiger partial charge in [-0.3, -0.25) is 0 Å². The Balaban J connectivity index is 1.96. The number of benzene rings is 2. The fourth-order valence-corrected chi connectivity index (χ4v) is 2.00. The Kier molecular flexibility index (Phi) is 4.57. The number of rotatable bonds is 4. The molecule has 2 aromatic rings. The van der Waals surface area contributed by atoms with Crippen LogP contribution in [0.25, 0.3) is 6.08 Å². The Hall–Kier alpha value is -1.57. The van der Waals surface area contributed by atoms with Crippen LogP contribution < -0.4 is 5.73 Å². The molecule has 0 heterocycles. The lowest BCUT2D eigenvalue weighted by Crippen LogP contribution is -2.08. The summed E-state index contributed by atoms with van der Waals surface area (Å²) in [6, 6.07) is 17.9. The Morgan fingerprint density at radius 1 is 1.06 bits per heavy atom. The lowest BCUT2D eigenvalue weighted by Gasteiger charge is -2.08. The summed E-state index contributed by atoms with van der Waals surface area (Å²) in [5.74, 6) is 0. The van der Waals surface area contributed by atoms with E-state index < -0.39 is 0 Å². The third-order valence-corrected chi connectivity index (χ3v) is 3.01. The van der Waals surface area contributed by atoms with Gasteiger partial charge < -0.3 is 5.73 Å². The van der Waals surface area contributed by atoms with Crippen molar-refractivity contribution < 1.29 is 0 Å². The van der Waals surface area contributed by atoms with Crippen molar-refractivity contribution in [2.24, 2.45) is 5.73 Å². The molecule has 2 N–H and O–H groups in total. The van der Waals surface area contributed by atoms with Crippen molar-refractivity contribution in [3.63, 3.8) is 0 Å². The van der Waals surface area contributed by atoms with Gasteiger partial charge in [-0.1, -0.05) is 66.2 Å². The molecule has 92 valence electrons. The van der Waals surface area contributed by atoms with Crippen molar-refractivity contribution in [1.82, 2.24) is 0 Å². The molecule has 0 aliphatic carbocycles. The fraction of sp³-hybridized carbons (Fsp3) is 0.125. The second-order valence-corrected chi connectivity index (χ2v) is 4.65. The van der Waals surface area contributed by atoms with Gasteiger partial charge in [0.1, 0.15) is 0 Å². The number of nitrogens with two attached hydrogens (primary N) is 1. The topological polar surface area (TPSA) is 26.0 Å². The summed E-state index contributed by atoms with van der Waals surface area (Å²) < 4.78 is 0. The second-order valence-electron chi connectivity index (χ2n) is 4.21. The molecule has 0 aliphatic rings. The van der Waals surface area contributed by atoms with Gasteiger partial charge in [0.05, 0.1) is 0 Å². The van der Waals surface area contributed by atoms with Crippen LogP contribution in [0, 0.1) is 0 Å². The van der Waals surface area contributed by atoms with Crippen LogP contribution in [-0.4, -0.2) is 0 Å². The smallest absolute Gasteiger partial charge is 0.0411 e. The predicted molar refractivity (Wildman–Crippen MR) is 78.5 cm³/mol. The molecule has 0 fully saturated rings. The predicted octanol–water partition coefficient (Wildman–Crippen LogP) is 4.44. The van der Waals surface area contributed by atoms with Crippen LogP contribution in [0.1, 0.15) is 23.6 Å². The molecule has 0 bridgehead atoms. The highest BCUT2D eigenvalue weighted by molar-refractivity contribution is 6.30. The Labute approximate surface area is 113 Å². The van der Waals surface area contributed by atoms with E-state index in [1.165, 1.54) is 0 Å². The Bertz CT molecular complexity index is 520. The summed E-state index contributed by atoms with van der Waals surface area (Å²) >= 11 is 5.92. The Morgan fingerprint density at radius 2 is 1.83 bits per heavy atom. The normalized spacial score (nSPS) is 12.8. The molecule has 0 saturated carbocycles. The van der Waals surface area contributed by atoms with Crippen LogP contribution in [0.3, 0.4) is 0 Å². The van der Waals surface area contributed by atoms with Crippen LogP contribution in [0.5, 0.6) is 0 Å². The van der Waals surface area contributed by atoms with Crippen molar-refractivity contribution in [2.75, 3.05) is 0 Å². The summed E-state index contributed by atoms with van der Waals surface area (Å²) in [6.07, 6.45) is 4.95. The van der Waals surface area contributed by atoms with Gasteiger partial charge in [0, 0.05) is 11.1 Å². The van der Waals surface area contributed by atoms with Crippen LogP contribution in [-0.2, 0) is 0 Å². The van der Waals surface area contributed by atoms with Gasteiger partial charge >= 0.3 is 0 Å². The second kappa shape index (κ2) is 6.39. The maximum Gasteiger partial charge on any atom is 0.0411 e. The van der Waals surface area contributed by atoms with Crippen molar-refractivity contribution in [3.05, 3.63) is 76.8 Å². The minimum atomic E-state index is 0.0432. The van der Waals surface area contributed by atoms with E-state index in [9.17, 15) is 0 Å². The van der Waals surface area contributed by atoms with E-state index in [1.54, 1.807) is 0 Å². The molecule has 0 saturated heterocycles. The molecule has 1 atom stereocenters. The first-order valence-corrected chi connectivity index (χ1v) is 6.36. The van der Waals surface area contributed by atoms with E-state index in [1.807, 2.05) is 42.5 Å². The SMILES string of the molecule is N[C@@H](C/C=C/c1cccc(Cl)c1)c1ccccc1. The van der Waals surface area contributed by atoms with Crippen LogP contribution in [0.4, 0.5) is 0 Å². The van der Waals surface area contributed by atoms with Crippen LogP contribution >= 0.6 is 11.6 Å². The standard InChI is InChI=1S/C16H16ClN/c17-15-10-4-6-13(12-15)7-5-11-16(18)14-8-2-1-3-9-14/h1-10,12,16H,11,18H2/b7-5+/t16-/m0/s1. The number of halogens is 1. The molecular weight excluding hydrogens is 242 g/mol. The lowest BCUT2D eigenvalue weighted by molar-refractivity contribution is 0.742. The van der Waals surface area contributed by atoms with E-state index in [-0.39, 0.29) is 6.04 Å². The fourth-order valence-electron chi connectivity index (χ4n) is 1.80. The third kappa shape index (κ3) is 3.73. The monoisotopic (exact) mass is 257 g/mol. The van der Waals surface area contributed by atoms with Crippen molar-refractivity contribution in [1.29, 1.82) is 0 Å². The molecule has 1 nitrogen and oxygen atoms in total. The average Bonchev–Trinajstić information content (AvgIpc) is 2.40. The summed E-state index contributed by atoms with van der Waals surface area (Å²) in [5.41, 5.74) is 8.37. The minimum absolute atomic E-state index is 0.0432. The van der Waals surface area contributed by atoms with Gasteiger partial charge in [-0.15, -0.1) is 0 Å². The molecule has 0 spiro atoms. The molecule has 2 rings (SSSR count). The highest BCUT2D eigenvalue weighted by atomic mass is 35.5. The first kappa shape index (κ1) is 12.9. The molecule has 0 amide bonds. The molecule has 0 radical (unpaired) electrons. The molecule has 2 heteroatoms. The van der Waals surface area contributed by atoms with Crippen LogP contribution in [0.2, 0.25) is 5.02 Å². The zero-order valence-corrected chi connectivity index (χ0v) is 10.8. The molecule has 0 unspecified atom stereocenters. The van der Waals surface area contributed by atoms with Crippen molar-refractivity contribution in [2.45, 2.75) is 12.5 Å². The zero-order valence-electron chi connectivity index (χ0n) is 10.1. The van der Waals surface area contributed by atoms with E-state index in [2.05, 4.69) is 24.3 Å². The summed E-state index contributed by atoms with van der Waals surface area (Å²) in [6.45, 7) is 0. The number of hydrogen-bond acceptors (Lipinski definition) is 1. The first-order chi connectivity index (χ1) is 8.75. The summed E-state index contributed by atoms with van der Waals surface area (Å²) in [4.78, 5) is 0. The highest BCUT2D eigenvalue weighted by Crippen LogP contribution is 2.16. The van der Waals surface area contributed by atoms with Gasteiger partial charge in [0.15, 0.2) is 0 Å². The zero-order chi connectivity index (χ0) is 12.8. The average molecular weight is 258 g/mol. The van der Waals surface area contributed by atoms with Gasteiger partial charge in [-0.05, 0) is 29.7 Å². The Morgan fingerprint density at radius 3 is 2.56 bits per heavy atom. The van der Waals surface area contributed by atoms with Gasteiger partial charge in [-0.25, -0.2) is 0 Å². The van der Waals surface area contributed by atoms with E-state index in [0.29, 0.717) is 0 Å². The molecule has 18 heavy (non-hydrogen) atoms. The third-order valence-electron chi connectivity index (χ3n) is 2.78. The summed E-state index contributed by atoms with van der Waals surface area (Å²) in [5, 5.41) is 0.754. The lowest BCUT2D eigenvalue weighted by atomic mass is 10.0. The van der Waals surface area contributed by atoms with Gasteiger partial charge in [-0.2, -0.15) is 0 Å².